The highest BCUT2D eigenvalue weighted by molar-refractivity contribution is 7.41. The summed E-state index contributed by atoms with van der Waals surface area (Å²) in [7, 11) is 2.11. The summed E-state index contributed by atoms with van der Waals surface area (Å²) in [6.07, 6.45) is 0. The van der Waals surface area contributed by atoms with Gasteiger partial charge in [-0.25, -0.2) is 0 Å². The lowest BCUT2D eigenvalue weighted by molar-refractivity contribution is 0.108. The summed E-state index contributed by atoms with van der Waals surface area (Å²) in [5, 5.41) is 0.601. The van der Waals surface area contributed by atoms with Crippen LogP contribution in [0.15, 0.2) is 24.3 Å². The molecule has 0 aliphatic carbocycles. The van der Waals surface area contributed by atoms with Crippen molar-refractivity contribution in [2.45, 2.75) is 0 Å². The molecule has 0 aliphatic rings. The van der Waals surface area contributed by atoms with E-state index in [1.165, 1.54) is 0 Å². The highest BCUT2D eigenvalue weighted by Gasteiger charge is 2.22. The topological polar surface area (TPSA) is 17.1 Å². The smallest absolute Gasteiger partial charge is 0.178 e. The predicted octanol–water partition coefficient (Wildman–Crippen LogP) is 6.64. The molecule has 1 unspecified atom stereocenters. The largest absolute Gasteiger partial charge is 0.290 e. The fourth-order valence-electron chi connectivity index (χ4n) is 1.76. The Morgan fingerprint density at radius 3 is 1.75 bits per heavy atom. The first-order valence-electron chi connectivity index (χ1n) is 5.27. The maximum absolute atomic E-state index is 11.7. The van der Waals surface area contributed by atoms with Gasteiger partial charge in [-0.05, 0) is 5.56 Å². The van der Waals surface area contributed by atoms with E-state index in [4.69, 9.17) is 58.0 Å². The molecule has 0 amide bonds. The van der Waals surface area contributed by atoms with Crippen molar-refractivity contribution in [2.24, 2.45) is 0 Å². The summed E-state index contributed by atoms with van der Waals surface area (Å²) in [6.45, 7) is 0. The Hall–Kier alpha value is -0.0100. The first-order chi connectivity index (χ1) is 9.36. The van der Waals surface area contributed by atoms with Crippen molar-refractivity contribution >= 4 is 72.8 Å². The van der Waals surface area contributed by atoms with E-state index < -0.39 is 0 Å². The number of carbonyl (C=O) groups excluding carboxylic acids is 1. The summed E-state index contributed by atoms with van der Waals surface area (Å²) in [4.78, 5) is 11.7. The zero-order valence-corrected chi connectivity index (χ0v) is 14.6. The van der Waals surface area contributed by atoms with E-state index >= 15 is 0 Å². The molecule has 0 saturated heterocycles. The summed E-state index contributed by atoms with van der Waals surface area (Å²) >= 11 is 30.5. The van der Waals surface area contributed by atoms with Crippen LogP contribution in [0, 0.1) is 0 Å². The Morgan fingerprint density at radius 1 is 0.800 bits per heavy atom. The van der Waals surface area contributed by atoms with Crippen LogP contribution in [0.5, 0.6) is 0 Å². The molecule has 0 N–H and O–H groups in total. The Kier molecular flexibility index (Phi) is 5.24. The van der Waals surface area contributed by atoms with Gasteiger partial charge >= 0.3 is 0 Å². The highest BCUT2D eigenvalue weighted by Crippen LogP contribution is 2.48. The van der Waals surface area contributed by atoms with Crippen LogP contribution in [0.2, 0.25) is 25.1 Å². The quantitative estimate of drug-likeness (QED) is 0.321. The Labute approximate surface area is 143 Å². The van der Waals surface area contributed by atoms with E-state index in [1.807, 2.05) is 0 Å². The molecule has 0 bridgehead atoms. The van der Waals surface area contributed by atoms with Crippen molar-refractivity contribution in [3.05, 3.63) is 54.9 Å². The number of benzene rings is 2. The first-order valence-corrected chi connectivity index (χ1v) is 7.73. The minimum atomic E-state index is -0.199. The molecular weight excluding hydrogens is 380 g/mol. The van der Waals surface area contributed by atoms with Crippen LogP contribution in [0.1, 0.15) is 10.4 Å². The fourth-order valence-corrected chi connectivity index (χ4v) is 3.35. The predicted molar refractivity (Wildman–Crippen MR) is 91.0 cm³/mol. The van der Waals surface area contributed by atoms with Gasteiger partial charge in [0.05, 0.1) is 25.1 Å². The van der Waals surface area contributed by atoms with E-state index in [2.05, 4.69) is 9.24 Å². The second kappa shape index (κ2) is 6.40. The lowest BCUT2D eigenvalue weighted by atomic mass is 10.00. The van der Waals surface area contributed by atoms with Gasteiger partial charge in [0.2, 0.25) is 0 Å². The highest BCUT2D eigenvalue weighted by atomic mass is 35.5. The molecule has 0 radical (unpaired) electrons. The second-order valence-corrected chi connectivity index (χ2v) is 6.27. The van der Waals surface area contributed by atoms with Crippen molar-refractivity contribution in [3.8, 4) is 11.1 Å². The molecule has 2 aromatic rings. The fraction of sp³-hybridized carbons (Fsp3) is 0. The maximum atomic E-state index is 11.7. The molecular formula is C13H6Cl5OP. The molecule has 104 valence electrons. The van der Waals surface area contributed by atoms with Crippen LogP contribution in [0.4, 0.5) is 0 Å². The molecule has 20 heavy (non-hydrogen) atoms. The lowest BCUT2D eigenvalue weighted by Gasteiger charge is -2.14. The van der Waals surface area contributed by atoms with E-state index in [0.717, 1.165) is 0 Å². The van der Waals surface area contributed by atoms with Crippen LogP contribution < -0.4 is 0 Å². The van der Waals surface area contributed by atoms with Crippen molar-refractivity contribution in [1.82, 2.24) is 0 Å². The Bertz CT molecular complexity index is 685. The van der Waals surface area contributed by atoms with E-state index in [9.17, 15) is 4.79 Å². The molecule has 1 atom stereocenters. The van der Waals surface area contributed by atoms with Crippen LogP contribution in [-0.2, 0) is 0 Å². The van der Waals surface area contributed by atoms with E-state index in [0.29, 0.717) is 16.7 Å². The molecule has 0 spiro atoms. The SMILES string of the molecule is O=C(P)c1ccccc1-c1c(Cl)c(Cl)c(Cl)c(Cl)c1Cl. The number of hydrogen-bond donors (Lipinski definition) is 0. The summed E-state index contributed by atoms with van der Waals surface area (Å²) < 4.78 is 0. The molecule has 1 nitrogen and oxygen atoms in total. The molecule has 0 saturated carbocycles. The summed E-state index contributed by atoms with van der Waals surface area (Å²) in [5.41, 5.74) is 1.17. The van der Waals surface area contributed by atoms with Gasteiger partial charge in [-0.1, -0.05) is 91.5 Å². The number of rotatable bonds is 2. The molecule has 0 heterocycles. The lowest BCUT2D eigenvalue weighted by Crippen LogP contribution is -1.95. The Morgan fingerprint density at radius 2 is 1.25 bits per heavy atom. The molecule has 0 aromatic heterocycles. The van der Waals surface area contributed by atoms with Gasteiger partial charge in [0, 0.05) is 11.1 Å². The normalized spacial score (nSPS) is 10.7. The van der Waals surface area contributed by atoms with Gasteiger partial charge < -0.3 is 0 Å². The minimum absolute atomic E-state index is 0.0850. The van der Waals surface area contributed by atoms with Gasteiger partial charge in [-0.3, -0.25) is 4.79 Å². The third-order valence-electron chi connectivity index (χ3n) is 2.67. The summed E-state index contributed by atoms with van der Waals surface area (Å²) in [5.74, 6) is 0. The van der Waals surface area contributed by atoms with E-state index in [-0.39, 0.29) is 30.6 Å². The summed E-state index contributed by atoms with van der Waals surface area (Å²) in [6, 6.07) is 6.87. The van der Waals surface area contributed by atoms with Crippen LogP contribution in [-0.4, -0.2) is 5.52 Å². The number of hydrogen-bond acceptors (Lipinski definition) is 1. The average molecular weight is 386 g/mol. The molecule has 2 rings (SSSR count). The van der Waals surface area contributed by atoms with Gasteiger partial charge in [-0.15, -0.1) is 0 Å². The standard InChI is InChI=1S/C13H6Cl5OP/c14-8-7(9(15)11(17)12(18)10(8)16)5-3-1-2-4-6(5)13(19)20/h1-4H,20H2. The maximum Gasteiger partial charge on any atom is 0.178 e. The first kappa shape index (κ1) is 16.4. The van der Waals surface area contributed by atoms with Crippen molar-refractivity contribution in [2.75, 3.05) is 0 Å². The van der Waals surface area contributed by atoms with Crippen molar-refractivity contribution in [3.63, 3.8) is 0 Å². The van der Waals surface area contributed by atoms with Gasteiger partial charge in [0.25, 0.3) is 0 Å². The number of carbonyl (C=O) groups is 1. The second-order valence-electron chi connectivity index (χ2n) is 3.85. The van der Waals surface area contributed by atoms with Crippen molar-refractivity contribution < 1.29 is 4.79 Å². The van der Waals surface area contributed by atoms with Crippen LogP contribution >= 0.6 is 67.2 Å². The molecule has 7 heteroatoms. The average Bonchev–Trinajstić information content (AvgIpc) is 2.43. The third kappa shape index (κ3) is 2.81. The number of halogens is 5. The van der Waals surface area contributed by atoms with Crippen LogP contribution in [0.25, 0.3) is 11.1 Å². The van der Waals surface area contributed by atoms with Gasteiger partial charge in [-0.2, -0.15) is 0 Å². The van der Waals surface area contributed by atoms with Gasteiger partial charge in [0.1, 0.15) is 0 Å². The van der Waals surface area contributed by atoms with E-state index in [1.54, 1.807) is 24.3 Å². The van der Waals surface area contributed by atoms with Crippen LogP contribution in [0.3, 0.4) is 0 Å². The molecule has 0 aliphatic heterocycles. The molecule has 2 aromatic carbocycles. The zero-order valence-electron chi connectivity index (χ0n) is 9.68. The molecule has 0 fully saturated rings. The van der Waals surface area contributed by atoms with Crippen molar-refractivity contribution in [1.29, 1.82) is 0 Å². The third-order valence-corrected chi connectivity index (χ3v) is 5.26. The monoisotopic (exact) mass is 384 g/mol. The zero-order chi connectivity index (χ0) is 15.0. The minimum Gasteiger partial charge on any atom is -0.290 e. The Balaban J connectivity index is 2.88. The van der Waals surface area contributed by atoms with Gasteiger partial charge in [0.15, 0.2) is 5.52 Å².